The standard InChI is InChI=1S/C23H17ClN2O3S/c24-19-8-4-9-21(15-19)26-30(28,29)22-10-3-7-18(14-22)23(27)25-20-12-11-16-5-1-2-6-17(16)13-20/h1-15,26H,(H,25,27). The number of sulfonamides is 1. The number of carbonyl (C=O) groups excluding carboxylic acids is 1. The third-order valence-electron chi connectivity index (χ3n) is 4.49. The highest BCUT2D eigenvalue weighted by Crippen LogP contribution is 2.22. The molecule has 0 aromatic heterocycles. The SMILES string of the molecule is O=C(Nc1ccc2ccccc2c1)c1cccc(S(=O)(=O)Nc2cccc(Cl)c2)c1. The Bertz CT molecular complexity index is 1350. The van der Waals surface area contributed by atoms with Crippen molar-refractivity contribution in [1.82, 2.24) is 0 Å². The van der Waals surface area contributed by atoms with Gasteiger partial charge in [0, 0.05) is 16.3 Å². The number of carbonyl (C=O) groups is 1. The van der Waals surface area contributed by atoms with Gasteiger partial charge >= 0.3 is 0 Å². The van der Waals surface area contributed by atoms with Crippen LogP contribution in [-0.2, 0) is 10.0 Å². The van der Waals surface area contributed by atoms with Gasteiger partial charge in [-0.1, -0.05) is 54.1 Å². The van der Waals surface area contributed by atoms with Crippen LogP contribution in [0.5, 0.6) is 0 Å². The first-order valence-corrected chi connectivity index (χ1v) is 11.0. The predicted molar refractivity (Wildman–Crippen MR) is 121 cm³/mol. The molecule has 0 aliphatic carbocycles. The maximum atomic E-state index is 12.7. The van der Waals surface area contributed by atoms with Crippen molar-refractivity contribution < 1.29 is 13.2 Å². The van der Waals surface area contributed by atoms with E-state index in [1.165, 1.54) is 24.3 Å². The van der Waals surface area contributed by atoms with Crippen molar-refractivity contribution in [1.29, 1.82) is 0 Å². The Morgan fingerprint density at radius 3 is 2.30 bits per heavy atom. The molecule has 4 aromatic rings. The highest BCUT2D eigenvalue weighted by Gasteiger charge is 2.17. The van der Waals surface area contributed by atoms with Crippen molar-refractivity contribution in [2.75, 3.05) is 10.0 Å². The minimum absolute atomic E-state index is 0.0198. The first kappa shape index (κ1) is 19.9. The van der Waals surface area contributed by atoms with Gasteiger partial charge in [0.15, 0.2) is 0 Å². The molecule has 0 aliphatic rings. The van der Waals surface area contributed by atoms with Crippen LogP contribution in [0.3, 0.4) is 0 Å². The first-order valence-electron chi connectivity index (χ1n) is 9.09. The lowest BCUT2D eigenvalue weighted by molar-refractivity contribution is 0.102. The topological polar surface area (TPSA) is 75.3 Å². The number of hydrogen-bond donors (Lipinski definition) is 2. The van der Waals surface area contributed by atoms with E-state index in [0.717, 1.165) is 10.8 Å². The fourth-order valence-corrected chi connectivity index (χ4v) is 4.33. The fourth-order valence-electron chi connectivity index (χ4n) is 3.04. The van der Waals surface area contributed by atoms with Gasteiger partial charge in [0.05, 0.1) is 10.6 Å². The number of anilines is 2. The Labute approximate surface area is 179 Å². The highest BCUT2D eigenvalue weighted by molar-refractivity contribution is 7.92. The normalized spacial score (nSPS) is 11.2. The van der Waals surface area contributed by atoms with E-state index in [0.29, 0.717) is 16.4 Å². The summed E-state index contributed by atoms with van der Waals surface area (Å²) >= 11 is 5.91. The van der Waals surface area contributed by atoms with E-state index in [1.54, 1.807) is 24.3 Å². The molecule has 0 atom stereocenters. The van der Waals surface area contributed by atoms with Crippen LogP contribution in [0.4, 0.5) is 11.4 Å². The molecule has 0 radical (unpaired) electrons. The summed E-state index contributed by atoms with van der Waals surface area (Å²) in [5.41, 5.74) is 1.20. The average Bonchev–Trinajstić information content (AvgIpc) is 2.73. The minimum atomic E-state index is -3.88. The monoisotopic (exact) mass is 436 g/mol. The van der Waals surface area contributed by atoms with Gasteiger partial charge in [-0.2, -0.15) is 0 Å². The van der Waals surface area contributed by atoms with Crippen molar-refractivity contribution in [3.05, 3.63) is 102 Å². The van der Waals surface area contributed by atoms with E-state index in [2.05, 4.69) is 10.0 Å². The molecular formula is C23H17ClN2O3S. The number of nitrogens with one attached hydrogen (secondary N) is 2. The average molecular weight is 437 g/mol. The Kier molecular flexibility index (Phi) is 5.44. The van der Waals surface area contributed by atoms with Crippen LogP contribution in [0.1, 0.15) is 10.4 Å². The van der Waals surface area contributed by atoms with Gasteiger partial charge in [-0.3, -0.25) is 9.52 Å². The second kappa shape index (κ2) is 8.18. The van der Waals surface area contributed by atoms with Gasteiger partial charge in [-0.05, 0) is 59.3 Å². The van der Waals surface area contributed by atoms with Crippen LogP contribution in [0.25, 0.3) is 10.8 Å². The van der Waals surface area contributed by atoms with E-state index < -0.39 is 15.9 Å². The second-order valence-electron chi connectivity index (χ2n) is 6.66. The van der Waals surface area contributed by atoms with Crippen molar-refractivity contribution in [3.8, 4) is 0 Å². The molecule has 0 unspecified atom stereocenters. The van der Waals surface area contributed by atoms with Crippen LogP contribution in [-0.4, -0.2) is 14.3 Å². The molecule has 2 N–H and O–H groups in total. The minimum Gasteiger partial charge on any atom is -0.322 e. The van der Waals surface area contributed by atoms with Gasteiger partial charge in [-0.25, -0.2) is 8.42 Å². The number of benzene rings is 4. The number of halogens is 1. The zero-order valence-electron chi connectivity index (χ0n) is 15.7. The molecule has 0 spiro atoms. The van der Waals surface area contributed by atoms with Gasteiger partial charge in [0.2, 0.25) is 0 Å². The molecule has 30 heavy (non-hydrogen) atoms. The Morgan fingerprint density at radius 1 is 0.733 bits per heavy atom. The number of hydrogen-bond acceptors (Lipinski definition) is 3. The highest BCUT2D eigenvalue weighted by atomic mass is 35.5. The molecule has 0 heterocycles. The molecule has 0 saturated carbocycles. The Hall–Kier alpha value is -3.35. The summed E-state index contributed by atoms with van der Waals surface area (Å²) in [4.78, 5) is 12.7. The van der Waals surface area contributed by atoms with Crippen LogP contribution >= 0.6 is 11.6 Å². The maximum absolute atomic E-state index is 12.7. The summed E-state index contributed by atoms with van der Waals surface area (Å²) in [5.74, 6) is -0.398. The molecule has 4 aromatic carbocycles. The van der Waals surface area contributed by atoms with E-state index >= 15 is 0 Å². The molecule has 0 fully saturated rings. The molecule has 150 valence electrons. The van der Waals surface area contributed by atoms with E-state index in [9.17, 15) is 13.2 Å². The van der Waals surface area contributed by atoms with Crippen molar-refractivity contribution in [2.45, 2.75) is 4.90 Å². The van der Waals surface area contributed by atoms with Crippen LogP contribution < -0.4 is 10.0 Å². The van der Waals surface area contributed by atoms with Crippen molar-refractivity contribution in [2.24, 2.45) is 0 Å². The lowest BCUT2D eigenvalue weighted by atomic mass is 10.1. The summed E-state index contributed by atoms with van der Waals surface area (Å²) in [5, 5.41) is 5.29. The summed E-state index contributed by atoms with van der Waals surface area (Å²) < 4.78 is 27.9. The molecule has 0 bridgehead atoms. The molecule has 0 aliphatic heterocycles. The zero-order valence-corrected chi connectivity index (χ0v) is 17.2. The van der Waals surface area contributed by atoms with Gasteiger partial charge in [-0.15, -0.1) is 0 Å². The van der Waals surface area contributed by atoms with Gasteiger partial charge < -0.3 is 5.32 Å². The molecule has 1 amide bonds. The lowest BCUT2D eigenvalue weighted by Gasteiger charge is -2.10. The summed E-state index contributed by atoms with van der Waals surface area (Å²) in [7, 11) is -3.88. The maximum Gasteiger partial charge on any atom is 0.261 e. The van der Waals surface area contributed by atoms with Crippen LogP contribution in [0, 0.1) is 0 Å². The number of amides is 1. The smallest absolute Gasteiger partial charge is 0.261 e. The first-order chi connectivity index (χ1) is 14.4. The third kappa shape index (κ3) is 4.45. The van der Waals surface area contributed by atoms with Crippen LogP contribution in [0.15, 0.2) is 95.9 Å². The molecular weight excluding hydrogens is 420 g/mol. The fraction of sp³-hybridized carbons (Fsp3) is 0. The predicted octanol–water partition coefficient (Wildman–Crippen LogP) is 5.55. The largest absolute Gasteiger partial charge is 0.322 e. The van der Waals surface area contributed by atoms with E-state index in [-0.39, 0.29) is 10.5 Å². The molecule has 0 saturated heterocycles. The molecule has 7 heteroatoms. The van der Waals surface area contributed by atoms with Crippen molar-refractivity contribution >= 4 is 49.7 Å². The van der Waals surface area contributed by atoms with Crippen LogP contribution in [0.2, 0.25) is 5.02 Å². The Morgan fingerprint density at radius 2 is 1.50 bits per heavy atom. The van der Waals surface area contributed by atoms with Gasteiger partial charge in [0.25, 0.3) is 15.9 Å². The summed E-state index contributed by atoms with van der Waals surface area (Å²) in [6.45, 7) is 0. The van der Waals surface area contributed by atoms with Crippen molar-refractivity contribution in [3.63, 3.8) is 0 Å². The quantitative estimate of drug-likeness (QED) is 0.431. The number of fused-ring (bicyclic) bond motifs is 1. The third-order valence-corrected chi connectivity index (χ3v) is 6.10. The zero-order chi connectivity index (χ0) is 21.1. The number of rotatable bonds is 5. The summed E-state index contributed by atoms with van der Waals surface area (Å²) in [6, 6.07) is 25.7. The lowest BCUT2D eigenvalue weighted by Crippen LogP contribution is -2.16. The van der Waals surface area contributed by atoms with E-state index in [4.69, 9.17) is 11.6 Å². The second-order valence-corrected chi connectivity index (χ2v) is 8.78. The summed E-state index contributed by atoms with van der Waals surface area (Å²) in [6.07, 6.45) is 0. The molecule has 5 nitrogen and oxygen atoms in total. The Balaban J connectivity index is 1.56. The van der Waals surface area contributed by atoms with Gasteiger partial charge in [0.1, 0.15) is 0 Å². The van der Waals surface area contributed by atoms with E-state index in [1.807, 2.05) is 42.5 Å². The molecule has 4 rings (SSSR count).